The largest absolute Gasteiger partial charge is 0.386 e. The van der Waals surface area contributed by atoms with Crippen molar-refractivity contribution in [1.29, 1.82) is 0 Å². The number of allylic oxidation sites excluding steroid dienone is 2. The van der Waals surface area contributed by atoms with Gasteiger partial charge in [0.2, 0.25) is 0 Å². The van der Waals surface area contributed by atoms with Gasteiger partial charge >= 0.3 is 0 Å². The van der Waals surface area contributed by atoms with E-state index in [2.05, 4.69) is 32.3 Å². The summed E-state index contributed by atoms with van der Waals surface area (Å²) in [7, 11) is 0. The summed E-state index contributed by atoms with van der Waals surface area (Å²) in [5.74, 6) is 0. The lowest BCUT2D eigenvalue weighted by molar-refractivity contribution is 0.511. The maximum Gasteiger partial charge on any atom is 0.0252 e. The molecule has 0 amide bonds. The molecule has 0 atom stereocenters. The highest BCUT2D eigenvalue weighted by atomic mass is 14.9. The Labute approximate surface area is 127 Å². The Morgan fingerprint density at radius 3 is 1.90 bits per heavy atom. The average molecular weight is 280 g/mol. The van der Waals surface area contributed by atoms with Gasteiger partial charge in [0.05, 0.1) is 0 Å². The van der Waals surface area contributed by atoms with E-state index >= 15 is 0 Å². The van der Waals surface area contributed by atoms with E-state index in [-0.39, 0.29) is 0 Å². The van der Waals surface area contributed by atoms with Crippen LogP contribution in [-0.2, 0) is 0 Å². The Bertz CT molecular complexity index is 228. The van der Waals surface area contributed by atoms with Crippen LogP contribution in [0.15, 0.2) is 24.9 Å². The molecule has 0 unspecified atom stereocenters. The van der Waals surface area contributed by atoms with E-state index in [1.165, 1.54) is 76.3 Å². The second kappa shape index (κ2) is 14.7. The highest BCUT2D eigenvalue weighted by Crippen LogP contribution is 2.12. The van der Waals surface area contributed by atoms with Gasteiger partial charge in [0, 0.05) is 11.7 Å². The number of nitrogens with one attached hydrogen (secondary N) is 1. The minimum atomic E-state index is 0.623. The van der Waals surface area contributed by atoms with Crippen molar-refractivity contribution < 1.29 is 0 Å². The number of rotatable bonds is 15. The van der Waals surface area contributed by atoms with Gasteiger partial charge in [-0.1, -0.05) is 65.0 Å². The molecule has 0 aromatic rings. The van der Waals surface area contributed by atoms with Crippen molar-refractivity contribution in [3.63, 3.8) is 0 Å². The molecule has 0 aromatic heterocycles. The first kappa shape index (κ1) is 19.3. The predicted octanol–water partition coefficient (Wildman–Crippen LogP) is 6.37. The summed E-state index contributed by atoms with van der Waals surface area (Å²) in [5.41, 5.74) is 1.24. The molecule has 0 fully saturated rings. The van der Waals surface area contributed by atoms with Crippen LogP contribution < -0.4 is 5.32 Å². The van der Waals surface area contributed by atoms with Gasteiger partial charge in [-0.2, -0.15) is 0 Å². The summed E-state index contributed by atoms with van der Waals surface area (Å²) in [6.45, 7) is 12.4. The van der Waals surface area contributed by atoms with Crippen molar-refractivity contribution in [3.05, 3.63) is 24.9 Å². The van der Waals surface area contributed by atoms with E-state index in [0.29, 0.717) is 6.04 Å². The molecular weight excluding hydrogens is 242 g/mol. The molecule has 1 N–H and O–H groups in total. The standard InChI is InChI=1S/C19H37N/c1-5-8-9-10-11-12-13-14-15-16-17-18(4)20-19(6-2)7-3/h5,19-20H,1,4,6-17H2,2-3H3. The van der Waals surface area contributed by atoms with Gasteiger partial charge in [-0.05, 0) is 38.5 Å². The summed E-state index contributed by atoms with van der Waals surface area (Å²) < 4.78 is 0. The zero-order valence-electron chi connectivity index (χ0n) is 14.1. The molecule has 0 bridgehead atoms. The van der Waals surface area contributed by atoms with Crippen molar-refractivity contribution in [2.45, 2.75) is 96.9 Å². The van der Waals surface area contributed by atoms with Crippen molar-refractivity contribution in [2.75, 3.05) is 0 Å². The van der Waals surface area contributed by atoms with Crippen LogP contribution >= 0.6 is 0 Å². The Balaban J connectivity index is 3.27. The van der Waals surface area contributed by atoms with Gasteiger partial charge in [-0.3, -0.25) is 0 Å². The van der Waals surface area contributed by atoms with Gasteiger partial charge in [0.1, 0.15) is 0 Å². The first-order chi connectivity index (χ1) is 9.74. The van der Waals surface area contributed by atoms with Gasteiger partial charge in [0.15, 0.2) is 0 Å². The summed E-state index contributed by atoms with van der Waals surface area (Å²) in [5, 5.41) is 3.54. The van der Waals surface area contributed by atoms with E-state index < -0.39 is 0 Å². The second-order valence-corrected chi connectivity index (χ2v) is 5.92. The molecule has 0 aliphatic heterocycles. The molecule has 0 aromatic carbocycles. The van der Waals surface area contributed by atoms with E-state index in [1.54, 1.807) is 0 Å². The van der Waals surface area contributed by atoms with Crippen LogP contribution in [0.4, 0.5) is 0 Å². The fraction of sp³-hybridized carbons (Fsp3) is 0.789. The van der Waals surface area contributed by atoms with Crippen molar-refractivity contribution in [3.8, 4) is 0 Å². The Hall–Kier alpha value is -0.720. The van der Waals surface area contributed by atoms with Crippen LogP contribution in [-0.4, -0.2) is 6.04 Å². The molecule has 0 aliphatic rings. The monoisotopic (exact) mass is 279 g/mol. The fourth-order valence-corrected chi connectivity index (χ4v) is 2.54. The summed E-state index contributed by atoms with van der Waals surface area (Å²) in [6.07, 6.45) is 17.7. The van der Waals surface area contributed by atoms with Crippen LogP contribution in [0.3, 0.4) is 0 Å². The molecule has 118 valence electrons. The van der Waals surface area contributed by atoms with Gasteiger partial charge in [0.25, 0.3) is 0 Å². The van der Waals surface area contributed by atoms with Crippen LogP contribution in [0.1, 0.15) is 90.9 Å². The zero-order valence-corrected chi connectivity index (χ0v) is 14.1. The number of unbranched alkanes of at least 4 members (excludes halogenated alkanes) is 8. The summed E-state index contributed by atoms with van der Waals surface area (Å²) in [6, 6.07) is 0.623. The highest BCUT2D eigenvalue weighted by molar-refractivity contribution is 4.93. The first-order valence-electron chi connectivity index (χ1n) is 8.79. The zero-order chi connectivity index (χ0) is 15.1. The molecule has 20 heavy (non-hydrogen) atoms. The molecule has 0 saturated heterocycles. The first-order valence-corrected chi connectivity index (χ1v) is 8.79. The SMILES string of the molecule is C=CCCCCCCCCCCC(=C)NC(CC)CC. The Morgan fingerprint density at radius 1 is 0.900 bits per heavy atom. The predicted molar refractivity (Wildman–Crippen MR) is 93.0 cm³/mol. The second-order valence-electron chi connectivity index (χ2n) is 5.92. The van der Waals surface area contributed by atoms with Gasteiger partial charge in [-0.15, -0.1) is 6.58 Å². The summed E-state index contributed by atoms with van der Waals surface area (Å²) in [4.78, 5) is 0. The highest BCUT2D eigenvalue weighted by Gasteiger charge is 2.03. The van der Waals surface area contributed by atoms with Crippen LogP contribution in [0, 0.1) is 0 Å². The number of hydrogen-bond donors (Lipinski definition) is 1. The Kier molecular flexibility index (Phi) is 14.2. The van der Waals surface area contributed by atoms with E-state index in [1.807, 2.05) is 6.08 Å². The van der Waals surface area contributed by atoms with Crippen LogP contribution in [0.25, 0.3) is 0 Å². The molecule has 0 rings (SSSR count). The molecule has 0 saturated carbocycles. The average Bonchev–Trinajstić information content (AvgIpc) is 2.46. The lowest BCUT2D eigenvalue weighted by Crippen LogP contribution is -2.26. The Morgan fingerprint density at radius 2 is 1.40 bits per heavy atom. The third-order valence-corrected chi connectivity index (χ3v) is 4.03. The maximum absolute atomic E-state index is 4.15. The minimum absolute atomic E-state index is 0.623. The third kappa shape index (κ3) is 12.3. The lowest BCUT2D eigenvalue weighted by Gasteiger charge is -2.18. The lowest BCUT2D eigenvalue weighted by atomic mass is 10.1. The van der Waals surface area contributed by atoms with E-state index in [0.717, 1.165) is 6.42 Å². The maximum atomic E-state index is 4.15. The fourth-order valence-electron chi connectivity index (χ4n) is 2.54. The molecule has 0 aliphatic carbocycles. The van der Waals surface area contributed by atoms with Crippen molar-refractivity contribution in [2.24, 2.45) is 0 Å². The normalized spacial score (nSPS) is 10.8. The molecule has 0 heterocycles. The van der Waals surface area contributed by atoms with Gasteiger partial charge in [-0.25, -0.2) is 0 Å². The summed E-state index contributed by atoms with van der Waals surface area (Å²) >= 11 is 0. The minimum Gasteiger partial charge on any atom is -0.386 e. The smallest absolute Gasteiger partial charge is 0.0252 e. The molecular formula is C19H37N. The molecule has 0 spiro atoms. The van der Waals surface area contributed by atoms with E-state index in [9.17, 15) is 0 Å². The van der Waals surface area contributed by atoms with Crippen LogP contribution in [0.2, 0.25) is 0 Å². The molecule has 1 nitrogen and oxygen atoms in total. The topological polar surface area (TPSA) is 12.0 Å². The van der Waals surface area contributed by atoms with Crippen molar-refractivity contribution in [1.82, 2.24) is 5.32 Å². The molecule has 0 radical (unpaired) electrons. The van der Waals surface area contributed by atoms with Gasteiger partial charge < -0.3 is 5.32 Å². The van der Waals surface area contributed by atoms with E-state index in [4.69, 9.17) is 0 Å². The van der Waals surface area contributed by atoms with Crippen molar-refractivity contribution >= 4 is 0 Å². The van der Waals surface area contributed by atoms with Crippen LogP contribution in [0.5, 0.6) is 0 Å². The molecule has 1 heteroatoms. The quantitative estimate of drug-likeness (QED) is 0.271. The number of hydrogen-bond acceptors (Lipinski definition) is 1. The third-order valence-electron chi connectivity index (χ3n) is 4.03.